The van der Waals surface area contributed by atoms with Gasteiger partial charge in [-0.2, -0.15) is 0 Å². The van der Waals surface area contributed by atoms with Gasteiger partial charge in [0.05, 0.1) is 13.2 Å². The van der Waals surface area contributed by atoms with E-state index in [0.717, 1.165) is 17.5 Å². The minimum Gasteiger partial charge on any atom is -0.301 e. The Morgan fingerprint density at radius 3 is 2.08 bits per heavy atom. The van der Waals surface area contributed by atoms with E-state index in [2.05, 4.69) is 36.4 Å². The lowest BCUT2D eigenvalue weighted by molar-refractivity contribution is 0.236. The van der Waals surface area contributed by atoms with Crippen LogP contribution in [0.25, 0.3) is 6.08 Å². The molecular weight excluding hydrogens is 351 g/mol. The standard InChI is InChI=1S/C20H25O3PS/c1-3-22-24(21,23-4-2)25-20(19-15-9-6-10-16-19)17-11-14-18-12-7-5-8-13-18/h5-16,20H,3-4,17H2,1-2H3/b14-11+. The molecule has 0 amide bonds. The smallest absolute Gasteiger partial charge is 0.301 e. The van der Waals surface area contributed by atoms with Crippen LogP contribution in [-0.4, -0.2) is 13.2 Å². The second-order valence-corrected chi connectivity index (χ2v) is 9.50. The molecule has 0 spiro atoms. The molecule has 25 heavy (non-hydrogen) atoms. The van der Waals surface area contributed by atoms with Crippen LogP contribution in [0.2, 0.25) is 0 Å². The van der Waals surface area contributed by atoms with E-state index in [0.29, 0.717) is 13.2 Å². The molecule has 0 aliphatic rings. The minimum atomic E-state index is -3.17. The highest BCUT2D eigenvalue weighted by Gasteiger charge is 2.30. The van der Waals surface area contributed by atoms with E-state index in [1.165, 1.54) is 11.4 Å². The van der Waals surface area contributed by atoms with Crippen molar-refractivity contribution in [1.82, 2.24) is 0 Å². The molecule has 0 radical (unpaired) electrons. The van der Waals surface area contributed by atoms with Crippen molar-refractivity contribution in [1.29, 1.82) is 0 Å². The van der Waals surface area contributed by atoms with Gasteiger partial charge in [-0.1, -0.05) is 72.8 Å². The molecule has 3 nitrogen and oxygen atoms in total. The van der Waals surface area contributed by atoms with Crippen LogP contribution in [0.3, 0.4) is 0 Å². The fraction of sp³-hybridized carbons (Fsp3) is 0.300. The van der Waals surface area contributed by atoms with E-state index in [4.69, 9.17) is 9.05 Å². The number of allylic oxidation sites excluding steroid dienone is 1. The molecule has 2 rings (SSSR count). The maximum atomic E-state index is 12.9. The van der Waals surface area contributed by atoms with E-state index in [9.17, 15) is 4.57 Å². The van der Waals surface area contributed by atoms with Gasteiger partial charge in [-0.15, -0.1) is 0 Å². The largest absolute Gasteiger partial charge is 0.389 e. The third kappa shape index (κ3) is 6.83. The number of rotatable bonds is 10. The van der Waals surface area contributed by atoms with Gasteiger partial charge in [0.15, 0.2) is 0 Å². The van der Waals surface area contributed by atoms with Crippen molar-refractivity contribution in [3.8, 4) is 0 Å². The molecule has 0 aliphatic carbocycles. The first kappa shape index (κ1) is 20.0. The van der Waals surface area contributed by atoms with Crippen molar-refractivity contribution in [3.05, 3.63) is 77.9 Å². The fourth-order valence-corrected chi connectivity index (χ4v) is 6.54. The molecule has 1 atom stereocenters. The summed E-state index contributed by atoms with van der Waals surface area (Å²) in [5.74, 6) is 0. The van der Waals surface area contributed by atoms with Gasteiger partial charge in [0.2, 0.25) is 0 Å². The van der Waals surface area contributed by atoms with Crippen molar-refractivity contribution < 1.29 is 13.6 Å². The molecule has 0 saturated heterocycles. The van der Waals surface area contributed by atoms with Gasteiger partial charge in [-0.25, -0.2) is 4.57 Å². The van der Waals surface area contributed by atoms with Gasteiger partial charge in [-0.3, -0.25) is 0 Å². The monoisotopic (exact) mass is 376 g/mol. The zero-order valence-electron chi connectivity index (χ0n) is 14.7. The first-order chi connectivity index (χ1) is 12.2. The highest BCUT2D eigenvalue weighted by molar-refractivity contribution is 8.55. The predicted molar refractivity (Wildman–Crippen MR) is 108 cm³/mol. The van der Waals surface area contributed by atoms with E-state index < -0.39 is 6.80 Å². The molecule has 0 bridgehead atoms. The van der Waals surface area contributed by atoms with Gasteiger partial charge in [0, 0.05) is 5.25 Å². The van der Waals surface area contributed by atoms with Crippen molar-refractivity contribution >= 4 is 24.3 Å². The molecule has 2 aromatic carbocycles. The Balaban J connectivity index is 2.16. The first-order valence-corrected chi connectivity index (χ1v) is 11.5. The van der Waals surface area contributed by atoms with Crippen LogP contribution >= 0.6 is 18.2 Å². The van der Waals surface area contributed by atoms with E-state index in [-0.39, 0.29) is 5.25 Å². The predicted octanol–water partition coefficient (Wildman–Crippen LogP) is 6.75. The zero-order valence-corrected chi connectivity index (χ0v) is 16.4. The molecule has 5 heteroatoms. The molecule has 134 valence electrons. The average Bonchev–Trinajstić information content (AvgIpc) is 2.63. The molecular formula is C20H25O3PS. The molecule has 0 aliphatic heterocycles. The van der Waals surface area contributed by atoms with Crippen molar-refractivity contribution in [2.45, 2.75) is 25.5 Å². The Labute approximate surface area is 154 Å². The van der Waals surface area contributed by atoms with Crippen LogP contribution in [0.4, 0.5) is 0 Å². The maximum Gasteiger partial charge on any atom is 0.389 e. The summed E-state index contributed by atoms with van der Waals surface area (Å²) in [5.41, 5.74) is 2.27. The Hall–Kier alpha value is -1.32. The van der Waals surface area contributed by atoms with Crippen LogP contribution < -0.4 is 0 Å². The highest BCUT2D eigenvalue weighted by atomic mass is 32.7. The third-order valence-corrected chi connectivity index (χ3v) is 7.76. The SMILES string of the molecule is CCOP(=O)(OCC)SC(C/C=C/c1ccccc1)c1ccccc1. The summed E-state index contributed by atoms with van der Waals surface area (Å²) in [7, 11) is 0. The summed E-state index contributed by atoms with van der Waals surface area (Å²) in [5, 5.41) is 0.00472. The second kappa shape index (κ2) is 10.6. The Kier molecular flexibility index (Phi) is 8.50. The topological polar surface area (TPSA) is 35.5 Å². The number of hydrogen-bond donors (Lipinski definition) is 0. The number of benzene rings is 2. The van der Waals surface area contributed by atoms with Crippen molar-refractivity contribution in [2.75, 3.05) is 13.2 Å². The Bertz CT molecular complexity index is 679. The maximum absolute atomic E-state index is 12.9. The highest BCUT2D eigenvalue weighted by Crippen LogP contribution is 2.66. The van der Waals surface area contributed by atoms with E-state index >= 15 is 0 Å². The minimum absolute atomic E-state index is 0.00472. The summed E-state index contributed by atoms with van der Waals surface area (Å²) in [6.07, 6.45) is 4.94. The van der Waals surface area contributed by atoms with Crippen LogP contribution in [0.1, 0.15) is 36.6 Å². The Morgan fingerprint density at radius 1 is 0.960 bits per heavy atom. The summed E-state index contributed by atoms with van der Waals surface area (Å²) < 4.78 is 23.8. The lowest BCUT2D eigenvalue weighted by atomic mass is 10.1. The van der Waals surface area contributed by atoms with Crippen LogP contribution in [0.5, 0.6) is 0 Å². The fourth-order valence-electron chi connectivity index (χ4n) is 2.37. The zero-order chi connectivity index (χ0) is 18.0. The van der Waals surface area contributed by atoms with Crippen molar-refractivity contribution in [2.24, 2.45) is 0 Å². The molecule has 2 aromatic rings. The van der Waals surface area contributed by atoms with Gasteiger partial charge in [-0.05, 0) is 42.8 Å². The quantitative estimate of drug-likeness (QED) is 0.430. The van der Waals surface area contributed by atoms with Crippen LogP contribution in [0.15, 0.2) is 66.7 Å². The molecule has 0 N–H and O–H groups in total. The van der Waals surface area contributed by atoms with Gasteiger partial charge in [0.1, 0.15) is 0 Å². The van der Waals surface area contributed by atoms with Crippen molar-refractivity contribution in [3.63, 3.8) is 0 Å². The normalized spacial score (nSPS) is 13.2. The molecule has 0 fully saturated rings. The summed E-state index contributed by atoms with van der Waals surface area (Å²) in [6.45, 7) is 1.23. The molecule has 0 saturated carbocycles. The van der Waals surface area contributed by atoms with Gasteiger partial charge >= 0.3 is 6.80 Å². The van der Waals surface area contributed by atoms with Gasteiger partial charge < -0.3 is 9.05 Å². The average molecular weight is 376 g/mol. The lowest BCUT2D eigenvalue weighted by Gasteiger charge is -2.22. The van der Waals surface area contributed by atoms with Crippen LogP contribution in [-0.2, 0) is 13.6 Å². The number of hydrogen-bond acceptors (Lipinski definition) is 4. The molecule has 0 heterocycles. The molecule has 1 unspecified atom stereocenters. The van der Waals surface area contributed by atoms with Gasteiger partial charge in [0.25, 0.3) is 0 Å². The molecule has 0 aromatic heterocycles. The van der Waals surface area contributed by atoms with E-state index in [1.54, 1.807) is 0 Å². The van der Waals surface area contributed by atoms with E-state index in [1.807, 2.05) is 50.2 Å². The second-order valence-electron chi connectivity index (χ2n) is 5.34. The lowest BCUT2D eigenvalue weighted by Crippen LogP contribution is -1.98. The Morgan fingerprint density at radius 2 is 1.52 bits per heavy atom. The summed E-state index contributed by atoms with van der Waals surface area (Å²) in [4.78, 5) is 0. The van der Waals surface area contributed by atoms with Crippen LogP contribution in [0, 0.1) is 0 Å². The summed E-state index contributed by atoms with van der Waals surface area (Å²) in [6, 6.07) is 20.2. The summed E-state index contributed by atoms with van der Waals surface area (Å²) >= 11 is 1.29. The third-order valence-electron chi connectivity index (χ3n) is 3.46. The first-order valence-electron chi connectivity index (χ1n) is 8.51.